The Bertz CT molecular complexity index is 938. The molecule has 2 heterocycles. The summed E-state index contributed by atoms with van der Waals surface area (Å²) < 4.78 is 10.8. The highest BCUT2D eigenvalue weighted by atomic mass is 16.5. The van der Waals surface area contributed by atoms with Gasteiger partial charge in [0.2, 0.25) is 5.88 Å². The fourth-order valence-electron chi connectivity index (χ4n) is 2.40. The van der Waals surface area contributed by atoms with Crippen LogP contribution < -0.4 is 4.74 Å². The number of hydrogen-bond acceptors (Lipinski definition) is 6. The van der Waals surface area contributed by atoms with Crippen molar-refractivity contribution in [1.82, 2.24) is 9.97 Å². The van der Waals surface area contributed by atoms with E-state index in [0.29, 0.717) is 24.2 Å². The summed E-state index contributed by atoms with van der Waals surface area (Å²) in [7, 11) is 0. The van der Waals surface area contributed by atoms with E-state index in [4.69, 9.17) is 9.47 Å². The minimum Gasteiger partial charge on any atom is -0.477 e. The molecule has 134 valence electrons. The number of benzene rings is 1. The van der Waals surface area contributed by atoms with Gasteiger partial charge in [-0.25, -0.2) is 9.78 Å². The summed E-state index contributed by atoms with van der Waals surface area (Å²) in [6.07, 6.45) is 5.52. The van der Waals surface area contributed by atoms with Crippen LogP contribution in [-0.4, -0.2) is 29.2 Å². The molecule has 0 fully saturated rings. The lowest BCUT2D eigenvalue weighted by Crippen LogP contribution is -2.10. The molecule has 3 rings (SSSR count). The van der Waals surface area contributed by atoms with Gasteiger partial charge in [-0.05, 0) is 35.9 Å². The molecule has 0 unspecified atom stereocenters. The predicted molar refractivity (Wildman–Crippen MR) is 99.0 cm³/mol. The van der Waals surface area contributed by atoms with Crippen molar-refractivity contribution in [2.45, 2.75) is 6.42 Å². The van der Waals surface area contributed by atoms with Crippen molar-refractivity contribution in [1.29, 1.82) is 5.26 Å². The van der Waals surface area contributed by atoms with Gasteiger partial charge in [-0.1, -0.05) is 18.2 Å². The topological polar surface area (TPSA) is 85.1 Å². The van der Waals surface area contributed by atoms with Gasteiger partial charge < -0.3 is 9.47 Å². The van der Waals surface area contributed by atoms with Gasteiger partial charge in [0, 0.05) is 30.6 Å². The van der Waals surface area contributed by atoms with Gasteiger partial charge in [0.25, 0.3) is 0 Å². The smallest absolute Gasteiger partial charge is 0.338 e. The van der Waals surface area contributed by atoms with E-state index in [-0.39, 0.29) is 18.5 Å². The number of hydrogen-bond donors (Lipinski definition) is 0. The van der Waals surface area contributed by atoms with Crippen molar-refractivity contribution in [3.05, 3.63) is 78.2 Å². The number of carbonyl (C=O) groups excluding carboxylic acids is 1. The summed E-state index contributed by atoms with van der Waals surface area (Å²) in [6, 6.07) is 16.3. The fraction of sp³-hybridized carbons (Fsp3) is 0.143. The number of carbonyl (C=O) groups is 1. The van der Waals surface area contributed by atoms with E-state index in [0.717, 1.165) is 11.1 Å². The summed E-state index contributed by atoms with van der Waals surface area (Å²) in [6.45, 7) is 0.517. The third kappa shape index (κ3) is 4.89. The minimum atomic E-state index is -0.367. The second-order valence-corrected chi connectivity index (χ2v) is 5.63. The summed E-state index contributed by atoms with van der Waals surface area (Å²) >= 11 is 0. The first-order valence-electron chi connectivity index (χ1n) is 8.43. The van der Waals surface area contributed by atoms with E-state index in [1.807, 2.05) is 18.2 Å². The predicted octanol–water partition coefficient (Wildman–Crippen LogP) is 3.64. The van der Waals surface area contributed by atoms with Crippen LogP contribution in [0.25, 0.3) is 11.1 Å². The molecule has 2 aromatic heterocycles. The monoisotopic (exact) mass is 359 g/mol. The number of pyridine rings is 2. The maximum atomic E-state index is 11.8. The molecule has 1 aromatic carbocycles. The average Bonchev–Trinajstić information content (AvgIpc) is 2.74. The highest BCUT2D eigenvalue weighted by Crippen LogP contribution is 2.23. The summed E-state index contributed by atoms with van der Waals surface area (Å²) in [5.41, 5.74) is 2.61. The minimum absolute atomic E-state index is 0.227. The lowest BCUT2D eigenvalue weighted by atomic mass is 10.1. The molecule has 6 heteroatoms. The standard InChI is InChI=1S/C21H17N3O3/c22-14-18-13-19(16-7-9-23-10-8-16)15-24-20(18)26-11-4-12-27-21(25)17-5-2-1-3-6-17/h1-3,5-10,13,15H,4,11-12H2. The molecule has 0 aliphatic carbocycles. The SMILES string of the molecule is N#Cc1cc(-c2ccncc2)cnc1OCCCOC(=O)c1ccccc1. The third-order valence-electron chi connectivity index (χ3n) is 3.76. The van der Waals surface area contributed by atoms with Crippen molar-refractivity contribution in [3.8, 4) is 23.1 Å². The highest BCUT2D eigenvalue weighted by molar-refractivity contribution is 5.89. The van der Waals surface area contributed by atoms with Crippen LogP contribution in [0.15, 0.2) is 67.1 Å². The van der Waals surface area contributed by atoms with Crippen LogP contribution in [0, 0.1) is 11.3 Å². The molecule has 0 radical (unpaired) electrons. The van der Waals surface area contributed by atoms with Gasteiger partial charge in [-0.2, -0.15) is 5.26 Å². The molecule has 0 spiro atoms. The van der Waals surface area contributed by atoms with Crippen molar-refractivity contribution in [3.63, 3.8) is 0 Å². The lowest BCUT2D eigenvalue weighted by Gasteiger charge is -2.09. The average molecular weight is 359 g/mol. The molecule has 27 heavy (non-hydrogen) atoms. The Morgan fingerprint density at radius 2 is 1.81 bits per heavy atom. The highest BCUT2D eigenvalue weighted by Gasteiger charge is 2.09. The quantitative estimate of drug-likeness (QED) is 0.473. The molecule has 0 saturated carbocycles. The zero-order valence-corrected chi connectivity index (χ0v) is 14.5. The van der Waals surface area contributed by atoms with Gasteiger partial charge in [0.05, 0.1) is 18.8 Å². The fourth-order valence-corrected chi connectivity index (χ4v) is 2.40. The van der Waals surface area contributed by atoms with Crippen LogP contribution in [0.5, 0.6) is 5.88 Å². The zero-order chi connectivity index (χ0) is 18.9. The van der Waals surface area contributed by atoms with E-state index in [1.165, 1.54) is 0 Å². The van der Waals surface area contributed by atoms with E-state index in [1.54, 1.807) is 48.9 Å². The molecular formula is C21H17N3O3. The Balaban J connectivity index is 1.51. The van der Waals surface area contributed by atoms with E-state index in [2.05, 4.69) is 16.0 Å². The van der Waals surface area contributed by atoms with E-state index >= 15 is 0 Å². The van der Waals surface area contributed by atoms with Gasteiger partial charge >= 0.3 is 5.97 Å². The van der Waals surface area contributed by atoms with Crippen molar-refractivity contribution in [2.24, 2.45) is 0 Å². The normalized spacial score (nSPS) is 10.0. The third-order valence-corrected chi connectivity index (χ3v) is 3.76. The van der Waals surface area contributed by atoms with Crippen LogP contribution in [0.1, 0.15) is 22.3 Å². The van der Waals surface area contributed by atoms with E-state index in [9.17, 15) is 10.1 Å². The Kier molecular flexibility index (Phi) is 6.10. The Hall–Kier alpha value is -3.72. The van der Waals surface area contributed by atoms with Crippen molar-refractivity contribution in [2.75, 3.05) is 13.2 Å². The van der Waals surface area contributed by atoms with Crippen molar-refractivity contribution >= 4 is 5.97 Å². The van der Waals surface area contributed by atoms with Gasteiger partial charge in [-0.15, -0.1) is 0 Å². The Morgan fingerprint density at radius 1 is 1.04 bits per heavy atom. The largest absolute Gasteiger partial charge is 0.477 e. The molecular weight excluding hydrogens is 342 g/mol. The maximum Gasteiger partial charge on any atom is 0.338 e. The number of nitriles is 1. The van der Waals surface area contributed by atoms with Crippen molar-refractivity contribution < 1.29 is 14.3 Å². The van der Waals surface area contributed by atoms with Crippen LogP contribution in [0.3, 0.4) is 0 Å². The molecule has 0 amide bonds. The number of aromatic nitrogens is 2. The second kappa shape index (κ2) is 9.11. The molecule has 0 bridgehead atoms. The van der Waals surface area contributed by atoms with Gasteiger partial charge in [0.1, 0.15) is 11.6 Å². The molecule has 3 aromatic rings. The van der Waals surface area contributed by atoms with Gasteiger partial charge in [-0.3, -0.25) is 4.98 Å². The van der Waals surface area contributed by atoms with Gasteiger partial charge in [0.15, 0.2) is 0 Å². The lowest BCUT2D eigenvalue weighted by molar-refractivity contribution is 0.0485. The van der Waals surface area contributed by atoms with E-state index < -0.39 is 0 Å². The second-order valence-electron chi connectivity index (χ2n) is 5.63. The van der Waals surface area contributed by atoms with Crippen LogP contribution in [-0.2, 0) is 4.74 Å². The molecule has 0 atom stereocenters. The first kappa shape index (κ1) is 18.1. The summed E-state index contributed by atoms with van der Waals surface area (Å²) in [5.74, 6) is -0.0992. The summed E-state index contributed by atoms with van der Waals surface area (Å²) in [4.78, 5) is 20.0. The molecule has 0 aliphatic rings. The molecule has 0 aliphatic heterocycles. The summed E-state index contributed by atoms with van der Waals surface area (Å²) in [5, 5.41) is 9.34. The maximum absolute atomic E-state index is 11.8. The number of rotatable bonds is 7. The first-order valence-corrected chi connectivity index (χ1v) is 8.43. The number of esters is 1. The molecule has 0 saturated heterocycles. The Labute approximate surface area is 157 Å². The number of ether oxygens (including phenoxy) is 2. The molecule has 0 N–H and O–H groups in total. The first-order chi connectivity index (χ1) is 13.3. The molecule has 6 nitrogen and oxygen atoms in total. The van der Waals surface area contributed by atoms with Crippen LogP contribution >= 0.6 is 0 Å². The Morgan fingerprint density at radius 3 is 2.56 bits per heavy atom. The van der Waals surface area contributed by atoms with Crippen LogP contribution in [0.2, 0.25) is 0 Å². The zero-order valence-electron chi connectivity index (χ0n) is 14.5. The number of nitrogens with zero attached hydrogens (tertiary/aromatic N) is 3. The van der Waals surface area contributed by atoms with Crippen LogP contribution in [0.4, 0.5) is 0 Å².